The molecule has 2 N–H and O–H groups in total. The first-order valence-corrected chi connectivity index (χ1v) is 5.86. The van der Waals surface area contributed by atoms with Gasteiger partial charge in [-0.3, -0.25) is 0 Å². The fourth-order valence-electron chi connectivity index (χ4n) is 2.46. The summed E-state index contributed by atoms with van der Waals surface area (Å²) in [5.41, 5.74) is 0. The van der Waals surface area contributed by atoms with E-state index >= 15 is 0 Å². The zero-order chi connectivity index (χ0) is 10.2. The SMILES string of the molecule is C1CCN(C2CCNCC2)CC1.CO. The molecule has 2 aliphatic heterocycles. The molecule has 2 fully saturated rings. The predicted molar refractivity (Wildman–Crippen MR) is 59.5 cm³/mol. The second-order valence-electron chi connectivity index (χ2n) is 4.08. The van der Waals surface area contributed by atoms with Gasteiger partial charge in [-0.1, -0.05) is 6.42 Å². The van der Waals surface area contributed by atoms with Crippen LogP contribution >= 0.6 is 0 Å². The van der Waals surface area contributed by atoms with Gasteiger partial charge >= 0.3 is 0 Å². The van der Waals surface area contributed by atoms with Crippen molar-refractivity contribution in [1.29, 1.82) is 0 Å². The van der Waals surface area contributed by atoms with Crippen molar-refractivity contribution in [3.8, 4) is 0 Å². The summed E-state index contributed by atoms with van der Waals surface area (Å²) in [6, 6.07) is 0.909. The van der Waals surface area contributed by atoms with E-state index in [0.29, 0.717) is 0 Å². The molecule has 2 rings (SSSR count). The molecular weight excluding hydrogens is 176 g/mol. The van der Waals surface area contributed by atoms with E-state index < -0.39 is 0 Å². The van der Waals surface area contributed by atoms with Crippen LogP contribution in [-0.2, 0) is 0 Å². The molecule has 0 amide bonds. The van der Waals surface area contributed by atoms with Crippen LogP contribution in [0.1, 0.15) is 32.1 Å². The highest BCUT2D eigenvalue weighted by Gasteiger charge is 2.21. The van der Waals surface area contributed by atoms with Crippen molar-refractivity contribution in [2.45, 2.75) is 38.1 Å². The Kier molecular flexibility index (Phi) is 6.15. The topological polar surface area (TPSA) is 35.5 Å². The summed E-state index contributed by atoms with van der Waals surface area (Å²) >= 11 is 0. The Morgan fingerprint density at radius 1 is 1.00 bits per heavy atom. The van der Waals surface area contributed by atoms with Crippen molar-refractivity contribution < 1.29 is 5.11 Å². The van der Waals surface area contributed by atoms with E-state index in [1.165, 1.54) is 58.3 Å². The monoisotopic (exact) mass is 200 g/mol. The third-order valence-electron chi connectivity index (χ3n) is 3.22. The average molecular weight is 200 g/mol. The predicted octanol–water partition coefficient (Wildman–Crippen LogP) is 0.833. The van der Waals surface area contributed by atoms with Crippen LogP contribution in [0.15, 0.2) is 0 Å². The summed E-state index contributed by atoms with van der Waals surface area (Å²) in [5.74, 6) is 0. The highest BCUT2D eigenvalue weighted by Crippen LogP contribution is 2.17. The number of nitrogens with one attached hydrogen (secondary N) is 1. The zero-order valence-corrected chi connectivity index (χ0v) is 9.34. The minimum Gasteiger partial charge on any atom is -0.400 e. The first-order valence-electron chi connectivity index (χ1n) is 5.86. The number of hydrogen-bond donors (Lipinski definition) is 2. The summed E-state index contributed by atoms with van der Waals surface area (Å²) in [6.07, 6.45) is 7.08. The summed E-state index contributed by atoms with van der Waals surface area (Å²) in [6.45, 7) is 5.21. The van der Waals surface area contributed by atoms with Gasteiger partial charge in [-0.05, 0) is 51.9 Å². The van der Waals surface area contributed by atoms with E-state index in [1.54, 1.807) is 0 Å². The third kappa shape index (κ3) is 3.56. The van der Waals surface area contributed by atoms with E-state index in [9.17, 15) is 0 Å². The Morgan fingerprint density at radius 2 is 1.57 bits per heavy atom. The van der Waals surface area contributed by atoms with Crippen LogP contribution in [0.3, 0.4) is 0 Å². The van der Waals surface area contributed by atoms with Crippen LogP contribution in [0, 0.1) is 0 Å². The molecule has 0 aromatic carbocycles. The molecule has 2 saturated heterocycles. The van der Waals surface area contributed by atoms with Crippen molar-refractivity contribution in [2.75, 3.05) is 33.3 Å². The molecule has 3 nitrogen and oxygen atoms in total. The lowest BCUT2D eigenvalue weighted by molar-refractivity contribution is 0.136. The lowest BCUT2D eigenvalue weighted by atomic mass is 10.0. The average Bonchev–Trinajstić information content (AvgIpc) is 2.34. The molecule has 0 radical (unpaired) electrons. The lowest BCUT2D eigenvalue weighted by Gasteiger charge is -2.36. The van der Waals surface area contributed by atoms with Gasteiger partial charge in [0.2, 0.25) is 0 Å². The van der Waals surface area contributed by atoms with Crippen LogP contribution in [-0.4, -0.2) is 49.3 Å². The van der Waals surface area contributed by atoms with E-state index in [0.717, 1.165) is 13.2 Å². The van der Waals surface area contributed by atoms with E-state index in [1.807, 2.05) is 0 Å². The van der Waals surface area contributed by atoms with Crippen molar-refractivity contribution in [1.82, 2.24) is 10.2 Å². The standard InChI is InChI=1S/C10H20N2.CH4O/c1-2-8-12(9-3-1)10-4-6-11-7-5-10;1-2/h10-11H,1-9H2;2H,1H3. The Labute approximate surface area is 87.5 Å². The molecule has 0 spiro atoms. The number of hydrogen-bond acceptors (Lipinski definition) is 3. The van der Waals surface area contributed by atoms with Gasteiger partial charge in [-0.2, -0.15) is 0 Å². The molecule has 3 heteroatoms. The Balaban J connectivity index is 0.000000461. The van der Waals surface area contributed by atoms with Crippen molar-refractivity contribution in [2.24, 2.45) is 0 Å². The third-order valence-corrected chi connectivity index (χ3v) is 3.22. The number of piperidine rings is 2. The molecular formula is C11H24N2O. The molecule has 84 valence electrons. The van der Waals surface area contributed by atoms with Gasteiger partial charge in [-0.25, -0.2) is 0 Å². The molecule has 0 aromatic rings. The van der Waals surface area contributed by atoms with Gasteiger partial charge in [0.25, 0.3) is 0 Å². The number of likely N-dealkylation sites (tertiary alicyclic amines) is 1. The minimum atomic E-state index is 0.909. The normalized spacial score (nSPS) is 25.3. The number of rotatable bonds is 1. The highest BCUT2D eigenvalue weighted by molar-refractivity contribution is 4.79. The second-order valence-corrected chi connectivity index (χ2v) is 4.08. The Bertz CT molecular complexity index is 113. The summed E-state index contributed by atoms with van der Waals surface area (Å²) in [7, 11) is 1.00. The maximum atomic E-state index is 7.00. The van der Waals surface area contributed by atoms with Crippen LogP contribution in [0.4, 0.5) is 0 Å². The maximum Gasteiger partial charge on any atom is 0.0319 e. The number of aliphatic hydroxyl groups is 1. The molecule has 0 aliphatic carbocycles. The van der Waals surface area contributed by atoms with E-state index in [2.05, 4.69) is 10.2 Å². The maximum absolute atomic E-state index is 7.00. The van der Waals surface area contributed by atoms with Crippen LogP contribution in [0.5, 0.6) is 0 Å². The number of aliphatic hydroxyl groups excluding tert-OH is 1. The summed E-state index contributed by atoms with van der Waals surface area (Å²) in [4.78, 5) is 2.71. The molecule has 0 bridgehead atoms. The van der Waals surface area contributed by atoms with Crippen LogP contribution < -0.4 is 5.32 Å². The van der Waals surface area contributed by atoms with Crippen LogP contribution in [0.25, 0.3) is 0 Å². The van der Waals surface area contributed by atoms with Gasteiger partial charge in [0.15, 0.2) is 0 Å². The zero-order valence-electron chi connectivity index (χ0n) is 9.34. The molecule has 0 unspecified atom stereocenters. The van der Waals surface area contributed by atoms with Crippen LogP contribution in [0.2, 0.25) is 0 Å². The van der Waals surface area contributed by atoms with Gasteiger partial charge < -0.3 is 15.3 Å². The largest absolute Gasteiger partial charge is 0.400 e. The van der Waals surface area contributed by atoms with Gasteiger partial charge in [0.1, 0.15) is 0 Å². The number of nitrogens with zero attached hydrogens (tertiary/aromatic N) is 1. The Hall–Kier alpha value is -0.120. The molecule has 14 heavy (non-hydrogen) atoms. The van der Waals surface area contributed by atoms with E-state index in [4.69, 9.17) is 5.11 Å². The molecule has 0 atom stereocenters. The Morgan fingerprint density at radius 3 is 2.14 bits per heavy atom. The fourth-order valence-corrected chi connectivity index (χ4v) is 2.46. The van der Waals surface area contributed by atoms with E-state index in [-0.39, 0.29) is 0 Å². The molecule has 2 heterocycles. The first kappa shape index (κ1) is 12.0. The molecule has 0 saturated carbocycles. The van der Waals surface area contributed by atoms with Gasteiger partial charge in [-0.15, -0.1) is 0 Å². The van der Waals surface area contributed by atoms with Crippen molar-refractivity contribution >= 4 is 0 Å². The van der Waals surface area contributed by atoms with Crippen molar-refractivity contribution in [3.05, 3.63) is 0 Å². The van der Waals surface area contributed by atoms with Gasteiger partial charge in [0, 0.05) is 13.2 Å². The first-order chi connectivity index (χ1) is 6.97. The summed E-state index contributed by atoms with van der Waals surface area (Å²) in [5, 5.41) is 10.4. The highest BCUT2D eigenvalue weighted by atomic mass is 16.2. The fraction of sp³-hybridized carbons (Fsp3) is 1.00. The van der Waals surface area contributed by atoms with Crippen molar-refractivity contribution in [3.63, 3.8) is 0 Å². The summed E-state index contributed by atoms with van der Waals surface area (Å²) < 4.78 is 0. The molecule has 2 aliphatic rings. The lowest BCUT2D eigenvalue weighted by Crippen LogP contribution is -2.45. The smallest absolute Gasteiger partial charge is 0.0319 e. The minimum absolute atomic E-state index is 0.909. The molecule has 0 aromatic heterocycles. The second kappa shape index (κ2) is 7.21. The quantitative estimate of drug-likeness (QED) is 0.658. The van der Waals surface area contributed by atoms with Gasteiger partial charge in [0.05, 0.1) is 0 Å².